The van der Waals surface area contributed by atoms with Crippen LogP contribution in [0, 0.1) is 5.92 Å². The number of rotatable bonds is 3. The van der Waals surface area contributed by atoms with Gasteiger partial charge in [-0.1, -0.05) is 37.5 Å². The Hall–Kier alpha value is -2.42. The quantitative estimate of drug-likeness (QED) is 0.859. The van der Waals surface area contributed by atoms with Crippen molar-refractivity contribution in [2.45, 2.75) is 51.5 Å². The zero-order chi connectivity index (χ0) is 17.9. The highest BCUT2D eigenvalue weighted by molar-refractivity contribution is 6.00. The normalized spacial score (nSPS) is 20.2. The van der Waals surface area contributed by atoms with E-state index in [1.165, 1.54) is 47.4 Å². The van der Waals surface area contributed by atoms with E-state index in [-0.39, 0.29) is 14.3 Å². The maximum absolute atomic E-state index is 12.1. The molecule has 3 aliphatic rings. The van der Waals surface area contributed by atoms with Gasteiger partial charge in [0.15, 0.2) is 0 Å². The highest BCUT2D eigenvalue weighted by Gasteiger charge is 2.35. The van der Waals surface area contributed by atoms with E-state index in [0.29, 0.717) is 0 Å². The van der Waals surface area contributed by atoms with Crippen molar-refractivity contribution in [2.24, 2.45) is 5.92 Å². The number of benzene rings is 1. The summed E-state index contributed by atoms with van der Waals surface area (Å²) < 4.78 is 0. The van der Waals surface area contributed by atoms with Crippen LogP contribution < -0.4 is 5.32 Å². The maximum Gasteiger partial charge on any atom is 0.252 e. The third kappa shape index (κ3) is 2.41. The molecule has 0 radical (unpaired) electrons. The Morgan fingerprint density at radius 2 is 2.00 bits per heavy atom. The fourth-order valence-corrected chi connectivity index (χ4v) is 4.48. The molecule has 0 bridgehead atoms. The van der Waals surface area contributed by atoms with Gasteiger partial charge < -0.3 is 5.32 Å². The van der Waals surface area contributed by atoms with E-state index in [1.807, 2.05) is 6.07 Å². The van der Waals surface area contributed by atoms with Crippen molar-refractivity contribution in [3.05, 3.63) is 70.0 Å². The molecule has 1 N–H and O–H groups in total. The molecule has 1 aromatic heterocycles. The zero-order valence-corrected chi connectivity index (χ0v) is 15.4. The summed E-state index contributed by atoms with van der Waals surface area (Å²) >= 11 is 0. The number of hydrogen-bond acceptors (Lipinski definition) is 2. The van der Waals surface area contributed by atoms with Crippen molar-refractivity contribution in [3.63, 3.8) is 0 Å². The second-order valence-electron chi connectivity index (χ2n) is 8.46. The van der Waals surface area contributed by atoms with E-state index < -0.39 is 0 Å². The molecule has 0 spiro atoms. The molecule has 1 amide bonds. The Morgan fingerprint density at radius 3 is 2.77 bits per heavy atom. The van der Waals surface area contributed by atoms with Gasteiger partial charge in [-0.05, 0) is 61.1 Å². The fraction of sp³-hybridized carbons (Fsp3) is 0.391. The molecule has 3 nitrogen and oxygen atoms in total. The molecule has 136 valence electrons. The summed E-state index contributed by atoms with van der Waals surface area (Å²) in [6, 6.07) is 10.7. The second kappa shape index (κ2) is 5.54. The van der Waals surface area contributed by atoms with Gasteiger partial charge >= 0.3 is 0 Å². The van der Waals surface area contributed by atoms with Crippen LogP contribution in [0.2, 0.25) is 0 Å². The Balaban J connectivity index is 0.00000112. The molecule has 0 atom stereocenters. The van der Waals surface area contributed by atoms with Gasteiger partial charge in [-0.2, -0.15) is 0 Å². The van der Waals surface area contributed by atoms with E-state index in [4.69, 9.17) is 4.98 Å². The van der Waals surface area contributed by atoms with Crippen LogP contribution in [0.4, 0.5) is 0 Å². The first-order chi connectivity index (χ1) is 12.5. The smallest absolute Gasteiger partial charge is 0.252 e. The first-order valence-corrected chi connectivity index (χ1v) is 9.68. The molecule has 1 aromatic carbocycles. The lowest BCUT2D eigenvalue weighted by Crippen LogP contribution is -2.32. The SMILES string of the molecule is CC1(C)NC(=O)c2ccc(C3=CCc4nc(CC5CCC5)ccc43)cc21.[HH].[HH]. The van der Waals surface area contributed by atoms with Crippen LogP contribution in [0.3, 0.4) is 0 Å². The predicted octanol–water partition coefficient (Wildman–Crippen LogP) is 4.88. The summed E-state index contributed by atoms with van der Waals surface area (Å²) in [6.07, 6.45) is 8.42. The molecule has 0 unspecified atom stereocenters. The maximum atomic E-state index is 12.1. The van der Waals surface area contributed by atoms with Crippen molar-refractivity contribution < 1.29 is 7.65 Å². The number of aromatic nitrogens is 1. The topological polar surface area (TPSA) is 42.0 Å². The molecule has 2 aromatic rings. The van der Waals surface area contributed by atoms with Crippen LogP contribution >= 0.6 is 0 Å². The average Bonchev–Trinajstić information content (AvgIpc) is 3.09. The fourth-order valence-electron chi connectivity index (χ4n) is 4.48. The molecule has 3 heteroatoms. The summed E-state index contributed by atoms with van der Waals surface area (Å²) in [5.41, 5.74) is 7.70. The number of carbonyl (C=O) groups is 1. The Bertz CT molecular complexity index is 961. The van der Waals surface area contributed by atoms with Crippen LogP contribution in [-0.4, -0.2) is 10.9 Å². The van der Waals surface area contributed by atoms with Crippen molar-refractivity contribution in [2.75, 3.05) is 0 Å². The van der Waals surface area contributed by atoms with Crippen LogP contribution in [0.25, 0.3) is 5.57 Å². The summed E-state index contributed by atoms with van der Waals surface area (Å²) in [6.45, 7) is 4.12. The molecular formula is C23H28N2O. The number of allylic oxidation sites excluding steroid dienone is 1. The van der Waals surface area contributed by atoms with Crippen molar-refractivity contribution >= 4 is 11.5 Å². The molecule has 2 heterocycles. The van der Waals surface area contributed by atoms with E-state index >= 15 is 0 Å². The highest BCUT2D eigenvalue weighted by atomic mass is 16.2. The minimum atomic E-state index is -0.310. The van der Waals surface area contributed by atoms with Crippen molar-refractivity contribution in [1.82, 2.24) is 10.3 Å². The highest BCUT2D eigenvalue weighted by Crippen LogP contribution is 2.37. The molecule has 5 rings (SSSR count). The van der Waals surface area contributed by atoms with Gasteiger partial charge in [0, 0.05) is 26.1 Å². The summed E-state index contributed by atoms with van der Waals surface area (Å²) in [7, 11) is 0. The minimum Gasteiger partial charge on any atom is -0.343 e. The molecular weight excluding hydrogens is 320 g/mol. The van der Waals surface area contributed by atoms with Crippen LogP contribution in [0.5, 0.6) is 0 Å². The number of hydrogen-bond donors (Lipinski definition) is 1. The van der Waals surface area contributed by atoms with E-state index in [9.17, 15) is 4.79 Å². The van der Waals surface area contributed by atoms with Gasteiger partial charge in [-0.15, -0.1) is 0 Å². The molecule has 1 saturated carbocycles. The minimum absolute atomic E-state index is 0. The van der Waals surface area contributed by atoms with Crippen molar-refractivity contribution in [3.8, 4) is 0 Å². The van der Waals surface area contributed by atoms with E-state index in [0.717, 1.165) is 29.9 Å². The molecule has 0 saturated heterocycles. The number of carbonyl (C=O) groups excluding carboxylic acids is 1. The third-order valence-corrected chi connectivity index (χ3v) is 6.22. The van der Waals surface area contributed by atoms with Gasteiger partial charge in [0.2, 0.25) is 0 Å². The van der Waals surface area contributed by atoms with Crippen LogP contribution in [0.15, 0.2) is 36.4 Å². The van der Waals surface area contributed by atoms with Gasteiger partial charge in [0.1, 0.15) is 0 Å². The average molecular weight is 348 g/mol. The zero-order valence-electron chi connectivity index (χ0n) is 15.4. The van der Waals surface area contributed by atoms with E-state index in [1.54, 1.807) is 0 Å². The third-order valence-electron chi connectivity index (χ3n) is 6.22. The van der Waals surface area contributed by atoms with E-state index in [2.05, 4.69) is 49.5 Å². The summed E-state index contributed by atoms with van der Waals surface area (Å²) in [4.78, 5) is 17.1. The number of nitrogens with one attached hydrogen (secondary N) is 1. The lowest BCUT2D eigenvalue weighted by Gasteiger charge is -2.25. The molecule has 1 aliphatic heterocycles. The number of amides is 1. The van der Waals surface area contributed by atoms with Gasteiger partial charge in [-0.3, -0.25) is 9.78 Å². The second-order valence-corrected chi connectivity index (χ2v) is 8.46. The number of pyridine rings is 1. The summed E-state index contributed by atoms with van der Waals surface area (Å²) in [5, 5.41) is 3.06. The lowest BCUT2D eigenvalue weighted by molar-refractivity contribution is 0.0940. The Morgan fingerprint density at radius 1 is 1.19 bits per heavy atom. The van der Waals surface area contributed by atoms with Crippen molar-refractivity contribution in [1.29, 1.82) is 0 Å². The number of nitrogens with zero attached hydrogens (tertiary/aromatic N) is 1. The van der Waals surface area contributed by atoms with Gasteiger partial charge in [0.05, 0.1) is 11.2 Å². The van der Waals surface area contributed by atoms with Gasteiger partial charge in [0.25, 0.3) is 5.91 Å². The summed E-state index contributed by atoms with van der Waals surface area (Å²) in [5.74, 6) is 0.873. The molecule has 2 aliphatic carbocycles. The molecule has 26 heavy (non-hydrogen) atoms. The first-order valence-electron chi connectivity index (χ1n) is 9.68. The Kier molecular flexibility index (Phi) is 3.37. The van der Waals surface area contributed by atoms with Crippen LogP contribution in [0.1, 0.15) is 74.4 Å². The lowest BCUT2D eigenvalue weighted by atomic mass is 9.82. The van der Waals surface area contributed by atoms with Gasteiger partial charge in [-0.25, -0.2) is 0 Å². The number of fused-ring (bicyclic) bond motifs is 2. The Labute approximate surface area is 157 Å². The van der Waals surface area contributed by atoms with Crippen LogP contribution in [-0.2, 0) is 18.4 Å². The molecule has 1 fully saturated rings. The monoisotopic (exact) mass is 348 g/mol. The predicted molar refractivity (Wildman–Crippen MR) is 107 cm³/mol. The first kappa shape index (κ1) is 15.8. The standard InChI is InChI=1S/C23H24N2O.2H2/c1-23(2)20-13-15(6-8-19(20)22(26)25-23)17-10-11-21-18(17)9-7-16(24-21)12-14-4-3-5-14;;/h6-10,13-14H,3-5,11-12H2,1-2H3,(H,25,26);2*1H. The largest absolute Gasteiger partial charge is 0.343 e.